The van der Waals surface area contributed by atoms with Crippen molar-refractivity contribution in [3.05, 3.63) is 28.2 Å². The zero-order chi connectivity index (χ0) is 11.3. The van der Waals surface area contributed by atoms with Crippen LogP contribution in [0, 0.1) is 5.92 Å². The molecule has 0 aliphatic carbocycles. The summed E-state index contributed by atoms with van der Waals surface area (Å²) < 4.78 is 1.06. The third kappa shape index (κ3) is 1.44. The molecule has 0 saturated carbocycles. The largest absolute Gasteiger partial charge is 0.481 e. The normalized spacial score (nSPS) is 26.7. The Morgan fingerprint density at radius 1 is 1.50 bits per heavy atom. The molecule has 84 valence electrons. The van der Waals surface area contributed by atoms with E-state index in [2.05, 4.69) is 39.0 Å². The number of anilines is 1. The van der Waals surface area contributed by atoms with Gasteiger partial charge in [-0.2, -0.15) is 0 Å². The van der Waals surface area contributed by atoms with Crippen LogP contribution in [0.4, 0.5) is 5.69 Å². The van der Waals surface area contributed by atoms with E-state index < -0.39 is 5.97 Å². The van der Waals surface area contributed by atoms with Gasteiger partial charge in [0.15, 0.2) is 0 Å². The number of aliphatic carboxylic acids is 1. The van der Waals surface area contributed by atoms with Crippen molar-refractivity contribution in [2.45, 2.75) is 18.9 Å². The van der Waals surface area contributed by atoms with Crippen LogP contribution in [0.15, 0.2) is 22.7 Å². The first-order valence-electron chi connectivity index (χ1n) is 5.43. The molecule has 1 aromatic rings. The Labute approximate surface area is 102 Å². The van der Waals surface area contributed by atoms with Crippen LogP contribution in [-0.4, -0.2) is 23.7 Å². The van der Waals surface area contributed by atoms with Gasteiger partial charge in [0.1, 0.15) is 0 Å². The van der Waals surface area contributed by atoms with Crippen molar-refractivity contribution in [3.8, 4) is 0 Å². The lowest BCUT2D eigenvalue weighted by atomic mass is 10.0. The molecular formula is C12H12BrNO2. The van der Waals surface area contributed by atoms with Crippen molar-refractivity contribution in [1.29, 1.82) is 0 Å². The highest BCUT2D eigenvalue weighted by Gasteiger charge is 2.40. The molecule has 2 unspecified atom stereocenters. The molecule has 1 aromatic carbocycles. The SMILES string of the molecule is O=C(O)C1CC2Cc3ccc(Br)cc3N2C1. The molecule has 0 amide bonds. The Kier molecular flexibility index (Phi) is 2.21. The predicted octanol–water partition coefficient (Wildman–Crippen LogP) is 2.28. The zero-order valence-electron chi connectivity index (χ0n) is 8.69. The van der Waals surface area contributed by atoms with Gasteiger partial charge < -0.3 is 10.0 Å². The van der Waals surface area contributed by atoms with Crippen LogP contribution in [0.1, 0.15) is 12.0 Å². The fraction of sp³-hybridized carbons (Fsp3) is 0.417. The van der Waals surface area contributed by atoms with Crippen molar-refractivity contribution in [2.75, 3.05) is 11.4 Å². The van der Waals surface area contributed by atoms with Crippen molar-refractivity contribution in [3.63, 3.8) is 0 Å². The van der Waals surface area contributed by atoms with Gasteiger partial charge in [-0.05, 0) is 30.5 Å². The number of carboxylic acids is 1. The molecule has 1 N–H and O–H groups in total. The molecule has 0 spiro atoms. The van der Waals surface area contributed by atoms with Gasteiger partial charge in [-0.25, -0.2) is 0 Å². The number of benzene rings is 1. The Morgan fingerprint density at radius 2 is 2.31 bits per heavy atom. The van der Waals surface area contributed by atoms with Crippen LogP contribution >= 0.6 is 15.9 Å². The summed E-state index contributed by atoms with van der Waals surface area (Å²) >= 11 is 3.46. The zero-order valence-corrected chi connectivity index (χ0v) is 10.3. The molecule has 4 heteroatoms. The molecule has 3 rings (SSSR count). The number of hydrogen-bond acceptors (Lipinski definition) is 2. The summed E-state index contributed by atoms with van der Waals surface area (Å²) in [6, 6.07) is 6.67. The first-order valence-corrected chi connectivity index (χ1v) is 6.22. The van der Waals surface area contributed by atoms with Gasteiger partial charge >= 0.3 is 5.97 Å². The molecule has 2 atom stereocenters. The highest BCUT2D eigenvalue weighted by Crippen LogP contribution is 2.40. The second-order valence-electron chi connectivity index (χ2n) is 4.55. The van der Waals surface area contributed by atoms with Crippen LogP contribution in [0.3, 0.4) is 0 Å². The summed E-state index contributed by atoms with van der Waals surface area (Å²) in [5, 5.41) is 9.04. The Morgan fingerprint density at radius 3 is 3.06 bits per heavy atom. The van der Waals surface area contributed by atoms with E-state index in [1.165, 1.54) is 11.3 Å². The van der Waals surface area contributed by atoms with E-state index >= 15 is 0 Å². The maximum absolute atomic E-state index is 11.0. The number of carbonyl (C=O) groups is 1. The Hall–Kier alpha value is -1.03. The summed E-state index contributed by atoms with van der Waals surface area (Å²) in [6.07, 6.45) is 1.77. The van der Waals surface area contributed by atoms with Crippen LogP contribution in [-0.2, 0) is 11.2 Å². The van der Waals surface area contributed by atoms with Gasteiger partial charge in [0.05, 0.1) is 5.92 Å². The topological polar surface area (TPSA) is 40.5 Å². The van der Waals surface area contributed by atoms with Crippen molar-refractivity contribution < 1.29 is 9.90 Å². The van der Waals surface area contributed by atoms with Crippen molar-refractivity contribution in [2.24, 2.45) is 5.92 Å². The van der Waals surface area contributed by atoms with E-state index in [4.69, 9.17) is 5.11 Å². The van der Waals surface area contributed by atoms with Crippen LogP contribution in [0.25, 0.3) is 0 Å². The smallest absolute Gasteiger partial charge is 0.308 e. The summed E-state index contributed by atoms with van der Waals surface area (Å²) in [5.41, 5.74) is 2.56. The first kappa shape index (κ1) is 10.1. The molecule has 2 aliphatic rings. The number of nitrogens with zero attached hydrogens (tertiary/aromatic N) is 1. The number of halogens is 1. The van der Waals surface area contributed by atoms with Gasteiger partial charge in [-0.15, -0.1) is 0 Å². The van der Waals surface area contributed by atoms with E-state index in [0.29, 0.717) is 12.6 Å². The van der Waals surface area contributed by atoms with E-state index in [9.17, 15) is 4.79 Å². The maximum Gasteiger partial charge on any atom is 0.308 e. The second kappa shape index (κ2) is 3.48. The summed E-state index contributed by atoms with van der Waals surface area (Å²) in [6.45, 7) is 0.656. The minimum absolute atomic E-state index is 0.197. The van der Waals surface area contributed by atoms with E-state index in [-0.39, 0.29) is 5.92 Å². The number of fused-ring (bicyclic) bond motifs is 3. The molecule has 2 heterocycles. The second-order valence-corrected chi connectivity index (χ2v) is 5.47. The van der Waals surface area contributed by atoms with Crippen molar-refractivity contribution >= 4 is 27.6 Å². The number of hydrogen-bond donors (Lipinski definition) is 1. The predicted molar refractivity (Wildman–Crippen MR) is 64.7 cm³/mol. The van der Waals surface area contributed by atoms with E-state index in [0.717, 1.165) is 17.3 Å². The van der Waals surface area contributed by atoms with Crippen LogP contribution < -0.4 is 4.90 Å². The standard InChI is InChI=1S/C12H12BrNO2/c13-9-2-1-7-3-10-4-8(12(15)16)6-14(10)11(7)5-9/h1-2,5,8,10H,3-4,6H2,(H,15,16). The fourth-order valence-electron chi connectivity index (χ4n) is 2.82. The molecule has 2 aliphatic heterocycles. The monoisotopic (exact) mass is 281 g/mol. The minimum Gasteiger partial charge on any atom is -0.481 e. The summed E-state index contributed by atoms with van der Waals surface area (Å²) in [5.74, 6) is -0.858. The highest BCUT2D eigenvalue weighted by molar-refractivity contribution is 9.10. The maximum atomic E-state index is 11.0. The molecule has 0 bridgehead atoms. The van der Waals surface area contributed by atoms with Crippen LogP contribution in [0.2, 0.25) is 0 Å². The average molecular weight is 282 g/mol. The molecular weight excluding hydrogens is 270 g/mol. The Balaban J connectivity index is 1.93. The Bertz CT molecular complexity index is 460. The number of carboxylic acid groups (broad SMARTS) is 1. The lowest BCUT2D eigenvalue weighted by Gasteiger charge is -2.18. The lowest BCUT2D eigenvalue weighted by molar-refractivity contribution is -0.141. The number of rotatable bonds is 1. The van der Waals surface area contributed by atoms with E-state index in [1.54, 1.807) is 0 Å². The molecule has 0 radical (unpaired) electrons. The quantitative estimate of drug-likeness (QED) is 0.859. The van der Waals surface area contributed by atoms with Crippen LogP contribution in [0.5, 0.6) is 0 Å². The van der Waals surface area contributed by atoms with E-state index in [1.807, 2.05) is 0 Å². The van der Waals surface area contributed by atoms with Gasteiger partial charge in [-0.1, -0.05) is 22.0 Å². The third-order valence-electron chi connectivity index (χ3n) is 3.58. The molecule has 0 aromatic heterocycles. The molecule has 1 saturated heterocycles. The molecule has 16 heavy (non-hydrogen) atoms. The van der Waals surface area contributed by atoms with Gasteiger partial charge in [0.2, 0.25) is 0 Å². The first-order chi connectivity index (χ1) is 7.65. The summed E-state index contributed by atoms with van der Waals surface area (Å²) in [4.78, 5) is 13.2. The minimum atomic E-state index is -0.661. The molecule has 1 fully saturated rings. The highest BCUT2D eigenvalue weighted by atomic mass is 79.9. The van der Waals surface area contributed by atoms with Gasteiger partial charge in [0, 0.05) is 22.7 Å². The van der Waals surface area contributed by atoms with Gasteiger partial charge in [-0.3, -0.25) is 4.79 Å². The third-order valence-corrected chi connectivity index (χ3v) is 4.07. The molecule has 3 nitrogen and oxygen atoms in total. The average Bonchev–Trinajstić information content (AvgIpc) is 2.75. The van der Waals surface area contributed by atoms with Gasteiger partial charge in [0.25, 0.3) is 0 Å². The lowest BCUT2D eigenvalue weighted by Crippen LogP contribution is -2.25. The van der Waals surface area contributed by atoms with Crippen molar-refractivity contribution in [1.82, 2.24) is 0 Å². The summed E-state index contributed by atoms with van der Waals surface area (Å²) in [7, 11) is 0. The fourth-order valence-corrected chi connectivity index (χ4v) is 3.16.